The lowest BCUT2D eigenvalue weighted by Gasteiger charge is -2.31. The average Bonchev–Trinajstić information content (AvgIpc) is 2.35. The molecule has 0 radical (unpaired) electrons. The minimum absolute atomic E-state index is 0.150. The number of nitrogens with one attached hydrogen (secondary N) is 2. The van der Waals surface area contributed by atoms with Crippen molar-refractivity contribution in [2.75, 3.05) is 6.54 Å². The Bertz CT molecular complexity index is 267. The Hall–Kier alpha value is -1.26. The molecule has 106 valence electrons. The molecule has 0 aliphatic carbocycles. The highest BCUT2D eigenvalue weighted by Crippen LogP contribution is 2.18. The van der Waals surface area contributed by atoms with Crippen LogP contribution in [0.5, 0.6) is 0 Å². The molecule has 18 heavy (non-hydrogen) atoms. The Morgan fingerprint density at radius 2 is 1.67 bits per heavy atom. The average molecular weight is 258 g/mol. The van der Waals surface area contributed by atoms with Crippen LogP contribution in [-0.4, -0.2) is 29.2 Å². The van der Waals surface area contributed by atoms with E-state index in [0.717, 1.165) is 19.3 Å². The highest BCUT2D eigenvalue weighted by atomic mass is 16.4. The summed E-state index contributed by atoms with van der Waals surface area (Å²) in [6, 6.07) is -0.210. The van der Waals surface area contributed by atoms with Crippen molar-refractivity contribution < 1.29 is 14.7 Å². The molecule has 0 aliphatic heterocycles. The summed E-state index contributed by atoms with van der Waals surface area (Å²) >= 11 is 0. The van der Waals surface area contributed by atoms with E-state index in [1.165, 1.54) is 0 Å². The largest absolute Gasteiger partial charge is 0.481 e. The Morgan fingerprint density at radius 3 is 2.06 bits per heavy atom. The first-order valence-corrected chi connectivity index (χ1v) is 6.69. The van der Waals surface area contributed by atoms with E-state index in [4.69, 9.17) is 5.11 Å². The SMILES string of the molecule is CCC(CC)(CC)NC(=O)NCCC(C)C(=O)O. The molecule has 0 saturated carbocycles. The van der Waals surface area contributed by atoms with Crippen LogP contribution in [0.2, 0.25) is 0 Å². The number of carbonyl (C=O) groups excluding carboxylic acids is 1. The van der Waals surface area contributed by atoms with Crippen LogP contribution in [0.1, 0.15) is 53.4 Å². The first kappa shape index (κ1) is 16.7. The van der Waals surface area contributed by atoms with E-state index in [1.54, 1.807) is 6.92 Å². The molecule has 1 atom stereocenters. The molecular weight excluding hydrogens is 232 g/mol. The molecule has 3 N–H and O–H groups in total. The highest BCUT2D eigenvalue weighted by molar-refractivity contribution is 5.75. The van der Waals surface area contributed by atoms with Crippen LogP contribution in [0, 0.1) is 5.92 Å². The quantitative estimate of drug-likeness (QED) is 0.625. The zero-order valence-corrected chi connectivity index (χ0v) is 11.9. The minimum atomic E-state index is -0.831. The maximum atomic E-state index is 11.7. The van der Waals surface area contributed by atoms with Crippen molar-refractivity contribution in [3.8, 4) is 0 Å². The van der Waals surface area contributed by atoms with Crippen LogP contribution < -0.4 is 10.6 Å². The Morgan fingerprint density at radius 1 is 1.17 bits per heavy atom. The van der Waals surface area contributed by atoms with E-state index >= 15 is 0 Å². The maximum absolute atomic E-state index is 11.7. The summed E-state index contributed by atoms with van der Waals surface area (Å²) in [7, 11) is 0. The lowest BCUT2D eigenvalue weighted by atomic mass is 9.90. The smallest absolute Gasteiger partial charge is 0.315 e. The van der Waals surface area contributed by atoms with E-state index < -0.39 is 11.9 Å². The Labute approximate surface area is 109 Å². The predicted molar refractivity (Wildman–Crippen MR) is 71.6 cm³/mol. The van der Waals surface area contributed by atoms with E-state index in [1.807, 2.05) is 0 Å². The van der Waals surface area contributed by atoms with Crippen LogP contribution in [0.4, 0.5) is 4.79 Å². The van der Waals surface area contributed by atoms with E-state index in [9.17, 15) is 9.59 Å². The third-order valence-electron chi connectivity index (χ3n) is 3.69. The normalized spacial score (nSPS) is 12.9. The molecule has 0 aromatic heterocycles. The number of urea groups is 1. The van der Waals surface area contributed by atoms with Gasteiger partial charge in [0.25, 0.3) is 0 Å². The van der Waals surface area contributed by atoms with Gasteiger partial charge in [0.1, 0.15) is 0 Å². The van der Waals surface area contributed by atoms with Crippen molar-refractivity contribution in [2.24, 2.45) is 5.92 Å². The fraction of sp³-hybridized carbons (Fsp3) is 0.846. The van der Waals surface area contributed by atoms with E-state index in [2.05, 4.69) is 31.4 Å². The van der Waals surface area contributed by atoms with Gasteiger partial charge in [0.05, 0.1) is 5.92 Å². The van der Waals surface area contributed by atoms with Crippen molar-refractivity contribution in [3.63, 3.8) is 0 Å². The van der Waals surface area contributed by atoms with Gasteiger partial charge >= 0.3 is 12.0 Å². The molecule has 5 nitrogen and oxygen atoms in total. The molecular formula is C13H26N2O3. The molecule has 0 aromatic rings. The third-order valence-corrected chi connectivity index (χ3v) is 3.69. The van der Waals surface area contributed by atoms with Crippen molar-refractivity contribution in [3.05, 3.63) is 0 Å². The zero-order chi connectivity index (χ0) is 14.2. The van der Waals surface area contributed by atoms with Gasteiger partial charge in [-0.05, 0) is 25.7 Å². The Kier molecular flexibility index (Phi) is 7.39. The topological polar surface area (TPSA) is 78.4 Å². The van der Waals surface area contributed by atoms with Crippen molar-refractivity contribution in [2.45, 2.75) is 58.9 Å². The zero-order valence-electron chi connectivity index (χ0n) is 11.9. The van der Waals surface area contributed by atoms with Gasteiger partial charge in [-0.2, -0.15) is 0 Å². The number of aliphatic carboxylic acids is 1. The summed E-state index contributed by atoms with van der Waals surface area (Å²) in [4.78, 5) is 22.3. The summed E-state index contributed by atoms with van der Waals surface area (Å²) in [5.74, 6) is -1.26. The van der Waals surface area contributed by atoms with Gasteiger partial charge in [0.15, 0.2) is 0 Å². The van der Waals surface area contributed by atoms with Gasteiger partial charge in [0, 0.05) is 12.1 Å². The van der Waals surface area contributed by atoms with Gasteiger partial charge < -0.3 is 15.7 Å². The van der Waals surface area contributed by atoms with Crippen molar-refractivity contribution in [1.29, 1.82) is 0 Å². The predicted octanol–water partition coefficient (Wildman–Crippen LogP) is 2.37. The molecule has 0 fully saturated rings. The van der Waals surface area contributed by atoms with Gasteiger partial charge in [-0.25, -0.2) is 4.79 Å². The van der Waals surface area contributed by atoms with Crippen LogP contribution in [0.3, 0.4) is 0 Å². The Balaban J connectivity index is 4.07. The fourth-order valence-corrected chi connectivity index (χ4v) is 1.83. The fourth-order valence-electron chi connectivity index (χ4n) is 1.83. The third kappa shape index (κ3) is 5.38. The number of rotatable bonds is 8. The molecule has 2 amide bonds. The minimum Gasteiger partial charge on any atom is -0.481 e. The van der Waals surface area contributed by atoms with Crippen molar-refractivity contribution >= 4 is 12.0 Å². The standard InChI is InChI=1S/C13H26N2O3/c1-5-13(6-2,7-3)15-12(18)14-9-8-10(4)11(16)17/h10H,5-9H2,1-4H3,(H,16,17)(H2,14,15,18). The second-order valence-electron chi connectivity index (χ2n) is 4.75. The van der Waals surface area contributed by atoms with Crippen molar-refractivity contribution in [1.82, 2.24) is 10.6 Å². The summed E-state index contributed by atoms with van der Waals surface area (Å²) in [6.45, 7) is 8.18. The molecule has 0 bridgehead atoms. The number of hydrogen-bond donors (Lipinski definition) is 3. The van der Waals surface area contributed by atoms with Crippen LogP contribution in [0.25, 0.3) is 0 Å². The van der Waals surface area contributed by atoms with Gasteiger partial charge in [0.2, 0.25) is 0 Å². The molecule has 0 saturated heterocycles. The number of amides is 2. The monoisotopic (exact) mass is 258 g/mol. The molecule has 1 unspecified atom stereocenters. The van der Waals surface area contributed by atoms with Crippen LogP contribution >= 0.6 is 0 Å². The summed E-state index contributed by atoms with van der Waals surface area (Å²) in [5, 5.41) is 14.4. The summed E-state index contributed by atoms with van der Waals surface area (Å²) < 4.78 is 0. The first-order chi connectivity index (χ1) is 8.40. The molecule has 0 heterocycles. The molecule has 5 heteroatoms. The molecule has 0 aliphatic rings. The summed E-state index contributed by atoms with van der Waals surface area (Å²) in [6.07, 6.45) is 3.11. The van der Waals surface area contributed by atoms with Gasteiger partial charge in [-0.1, -0.05) is 27.7 Å². The second-order valence-corrected chi connectivity index (χ2v) is 4.75. The second kappa shape index (κ2) is 7.95. The highest BCUT2D eigenvalue weighted by Gasteiger charge is 2.25. The lowest BCUT2D eigenvalue weighted by Crippen LogP contribution is -2.51. The maximum Gasteiger partial charge on any atom is 0.315 e. The summed E-state index contributed by atoms with van der Waals surface area (Å²) in [5.41, 5.74) is -0.150. The van der Waals surface area contributed by atoms with E-state index in [0.29, 0.717) is 13.0 Å². The molecule has 0 rings (SSSR count). The van der Waals surface area contributed by atoms with E-state index in [-0.39, 0.29) is 11.6 Å². The van der Waals surface area contributed by atoms with Gasteiger partial charge in [-0.3, -0.25) is 4.79 Å². The first-order valence-electron chi connectivity index (χ1n) is 6.69. The molecule has 0 spiro atoms. The van der Waals surface area contributed by atoms with Gasteiger partial charge in [-0.15, -0.1) is 0 Å². The number of hydrogen-bond acceptors (Lipinski definition) is 2. The number of carboxylic acids is 1. The molecule has 0 aromatic carbocycles. The van der Waals surface area contributed by atoms with Crippen LogP contribution in [-0.2, 0) is 4.79 Å². The number of carboxylic acid groups (broad SMARTS) is 1. The number of carbonyl (C=O) groups is 2. The lowest BCUT2D eigenvalue weighted by molar-refractivity contribution is -0.141. The van der Waals surface area contributed by atoms with Crippen LogP contribution in [0.15, 0.2) is 0 Å².